The van der Waals surface area contributed by atoms with Gasteiger partial charge in [-0.2, -0.15) is 26.3 Å². The Bertz CT molecular complexity index is 835. The first-order valence-corrected chi connectivity index (χ1v) is 9.55. The molecule has 2 aromatic rings. The van der Waals surface area contributed by atoms with Crippen molar-refractivity contribution < 1.29 is 31.4 Å². The first-order chi connectivity index (χ1) is 13.9. The highest BCUT2D eigenvalue weighted by molar-refractivity contribution is 7.97. The van der Waals surface area contributed by atoms with Crippen LogP contribution in [0.15, 0.2) is 47.5 Å². The number of aromatic nitrogens is 1. The highest BCUT2D eigenvalue weighted by Gasteiger charge is 2.71. The Morgan fingerprint density at radius 3 is 1.90 bits per heavy atom. The number of pyridine rings is 1. The largest absolute Gasteiger partial charge is 0.430 e. The normalized spacial score (nSPS) is 16.7. The zero-order valence-electron chi connectivity index (χ0n) is 15.4. The highest BCUT2D eigenvalue weighted by Crippen LogP contribution is 2.50. The smallest absolute Gasteiger partial charge is 0.384 e. The minimum atomic E-state index is -5.90. The summed E-state index contributed by atoms with van der Waals surface area (Å²) in [6.07, 6.45) is -10.1. The number of anilines is 2. The van der Waals surface area contributed by atoms with Crippen molar-refractivity contribution in [3.05, 3.63) is 48.2 Å². The van der Waals surface area contributed by atoms with Gasteiger partial charge in [0.15, 0.2) is 0 Å². The molecule has 1 saturated heterocycles. The second-order valence-corrected chi connectivity index (χ2v) is 7.85. The van der Waals surface area contributed by atoms with E-state index in [0.29, 0.717) is 49.8 Å². The van der Waals surface area contributed by atoms with E-state index in [-0.39, 0.29) is 0 Å². The third kappa shape index (κ3) is 4.44. The number of piperazine rings is 1. The second kappa shape index (κ2) is 8.16. The van der Waals surface area contributed by atoms with Crippen LogP contribution in [0.1, 0.15) is 5.56 Å². The number of alkyl halides is 6. The number of nitrogens with zero attached hydrogens (tertiary/aromatic N) is 3. The number of rotatable bonds is 4. The first kappa shape index (κ1) is 22.5. The van der Waals surface area contributed by atoms with Crippen molar-refractivity contribution in [2.24, 2.45) is 0 Å². The minimum absolute atomic E-state index is 0.413. The molecular weight excluding hydrogens is 434 g/mol. The zero-order valence-corrected chi connectivity index (χ0v) is 16.2. The number of aliphatic hydroxyl groups is 1. The number of benzene rings is 1. The number of nitrogens with two attached hydrogens (primary N) is 1. The Morgan fingerprint density at radius 2 is 1.43 bits per heavy atom. The summed E-state index contributed by atoms with van der Waals surface area (Å²) in [5, 5.41) is 9.46. The van der Waals surface area contributed by atoms with E-state index in [2.05, 4.69) is 9.29 Å². The third-order valence-corrected chi connectivity index (χ3v) is 5.78. The molecule has 12 heteroatoms. The summed E-state index contributed by atoms with van der Waals surface area (Å²) in [7, 11) is 0. The van der Waals surface area contributed by atoms with Crippen LogP contribution in [0, 0.1) is 0 Å². The van der Waals surface area contributed by atoms with Gasteiger partial charge < -0.3 is 15.7 Å². The molecular formula is C18H18F6N4OS. The van der Waals surface area contributed by atoms with E-state index in [1.807, 2.05) is 11.0 Å². The maximum Gasteiger partial charge on any atom is 0.430 e. The van der Waals surface area contributed by atoms with Gasteiger partial charge in [-0.1, -0.05) is 12.1 Å². The molecule has 0 radical (unpaired) electrons. The molecule has 0 saturated carbocycles. The quantitative estimate of drug-likeness (QED) is 0.544. The molecule has 1 fully saturated rings. The van der Waals surface area contributed by atoms with Gasteiger partial charge in [-0.25, -0.2) is 9.29 Å². The van der Waals surface area contributed by atoms with Crippen molar-refractivity contribution in [2.45, 2.75) is 22.8 Å². The van der Waals surface area contributed by atoms with E-state index in [0.717, 1.165) is 17.0 Å². The van der Waals surface area contributed by atoms with Gasteiger partial charge in [0.2, 0.25) is 0 Å². The lowest BCUT2D eigenvalue weighted by molar-refractivity contribution is -0.376. The topological polar surface area (TPSA) is 65.6 Å². The third-order valence-electron chi connectivity index (χ3n) is 4.70. The predicted molar refractivity (Wildman–Crippen MR) is 101 cm³/mol. The van der Waals surface area contributed by atoms with Gasteiger partial charge in [0.05, 0.1) is 0 Å². The van der Waals surface area contributed by atoms with Crippen LogP contribution >= 0.6 is 11.9 Å². The van der Waals surface area contributed by atoms with Crippen LogP contribution in [-0.4, -0.2) is 52.9 Å². The minimum Gasteiger partial charge on any atom is -0.384 e. The fourth-order valence-corrected chi connectivity index (χ4v) is 3.91. The average molecular weight is 452 g/mol. The molecule has 30 heavy (non-hydrogen) atoms. The Labute approximate surface area is 172 Å². The summed E-state index contributed by atoms with van der Waals surface area (Å²) in [5.41, 5.74) is -0.161. The second-order valence-electron chi connectivity index (χ2n) is 6.68. The molecule has 164 valence electrons. The van der Waals surface area contributed by atoms with Crippen molar-refractivity contribution in [2.75, 3.05) is 36.8 Å². The Morgan fingerprint density at radius 1 is 0.867 bits per heavy atom. The van der Waals surface area contributed by atoms with Gasteiger partial charge in [-0.15, -0.1) is 0 Å². The standard InChI is InChI=1S/C18H18F6N4OS/c19-17(20,21)16(29,18(22,23)24)12-1-3-13(4-2-12)27-7-9-28(10-8-27)30-14-5-6-15(25)26-11-14/h1-6,11,29H,7-10H2,(H2,25,26). The molecule has 1 aliphatic heterocycles. The zero-order chi connectivity index (χ0) is 22.2. The van der Waals surface area contributed by atoms with Gasteiger partial charge in [-0.3, -0.25) is 0 Å². The predicted octanol–water partition coefficient (Wildman–Crippen LogP) is 3.81. The fraction of sp³-hybridized carbons (Fsp3) is 0.389. The lowest BCUT2D eigenvalue weighted by Crippen LogP contribution is -2.53. The van der Waals surface area contributed by atoms with E-state index in [4.69, 9.17) is 5.73 Å². The SMILES string of the molecule is Nc1ccc(SN2CCN(c3ccc(C(O)(C(F)(F)F)C(F)(F)F)cc3)CC2)cn1. The van der Waals surface area contributed by atoms with E-state index in [9.17, 15) is 31.4 Å². The molecule has 0 bridgehead atoms. The molecule has 0 aliphatic carbocycles. The summed E-state index contributed by atoms with van der Waals surface area (Å²) in [6.45, 7) is 2.28. The van der Waals surface area contributed by atoms with Gasteiger partial charge in [-0.05, 0) is 36.2 Å². The molecule has 1 aromatic carbocycles. The van der Waals surface area contributed by atoms with Crippen LogP contribution < -0.4 is 10.6 Å². The van der Waals surface area contributed by atoms with Crippen molar-refractivity contribution in [3.63, 3.8) is 0 Å². The summed E-state index contributed by atoms with van der Waals surface area (Å²) >= 11 is 1.49. The van der Waals surface area contributed by atoms with Gasteiger partial charge >= 0.3 is 12.4 Å². The van der Waals surface area contributed by atoms with Crippen LogP contribution in [0.2, 0.25) is 0 Å². The van der Waals surface area contributed by atoms with Gasteiger partial charge in [0, 0.05) is 48.5 Å². The molecule has 5 nitrogen and oxygen atoms in total. The van der Waals surface area contributed by atoms with Crippen LogP contribution in [-0.2, 0) is 5.60 Å². The average Bonchev–Trinajstić information content (AvgIpc) is 2.68. The first-order valence-electron chi connectivity index (χ1n) is 8.77. The van der Waals surface area contributed by atoms with Crippen molar-refractivity contribution in [1.82, 2.24) is 9.29 Å². The number of nitrogen functional groups attached to an aromatic ring is 1. The molecule has 0 spiro atoms. The maximum absolute atomic E-state index is 13.0. The number of hydrogen-bond donors (Lipinski definition) is 2. The Balaban J connectivity index is 1.67. The van der Waals surface area contributed by atoms with Crippen molar-refractivity contribution in [1.29, 1.82) is 0 Å². The van der Waals surface area contributed by atoms with E-state index in [1.165, 1.54) is 11.9 Å². The highest BCUT2D eigenvalue weighted by atomic mass is 32.2. The van der Waals surface area contributed by atoms with Gasteiger partial charge in [0.25, 0.3) is 5.60 Å². The summed E-state index contributed by atoms with van der Waals surface area (Å²) in [4.78, 5) is 6.76. The van der Waals surface area contributed by atoms with E-state index in [1.54, 1.807) is 12.3 Å². The summed E-state index contributed by atoms with van der Waals surface area (Å²) < 4.78 is 80.0. The molecule has 0 atom stereocenters. The molecule has 0 unspecified atom stereocenters. The Kier molecular flexibility index (Phi) is 6.12. The van der Waals surface area contributed by atoms with Crippen LogP contribution in [0.25, 0.3) is 0 Å². The Hall–Kier alpha value is -2.18. The van der Waals surface area contributed by atoms with Crippen LogP contribution in [0.5, 0.6) is 0 Å². The summed E-state index contributed by atoms with van der Waals surface area (Å²) in [5.74, 6) is 0.413. The van der Waals surface area contributed by atoms with Crippen molar-refractivity contribution >= 4 is 23.5 Å². The van der Waals surface area contributed by atoms with Crippen LogP contribution in [0.4, 0.5) is 37.8 Å². The molecule has 3 N–H and O–H groups in total. The molecule has 1 aromatic heterocycles. The van der Waals surface area contributed by atoms with Crippen molar-refractivity contribution in [3.8, 4) is 0 Å². The van der Waals surface area contributed by atoms with E-state index >= 15 is 0 Å². The molecule has 1 aliphatic rings. The van der Waals surface area contributed by atoms with Gasteiger partial charge in [0.1, 0.15) is 5.82 Å². The molecule has 2 heterocycles. The van der Waals surface area contributed by atoms with E-state index < -0.39 is 23.5 Å². The number of hydrogen-bond acceptors (Lipinski definition) is 6. The lowest BCUT2D eigenvalue weighted by Gasteiger charge is -2.36. The monoisotopic (exact) mass is 452 g/mol. The lowest BCUT2D eigenvalue weighted by atomic mass is 9.92. The summed E-state index contributed by atoms with van der Waals surface area (Å²) in [6, 6.07) is 7.16. The maximum atomic E-state index is 13.0. The molecule has 0 amide bonds. The van der Waals surface area contributed by atoms with Crippen LogP contribution in [0.3, 0.4) is 0 Å². The molecule has 3 rings (SSSR count). The number of halogens is 6. The fourth-order valence-electron chi connectivity index (χ4n) is 3.03.